The van der Waals surface area contributed by atoms with Crippen molar-refractivity contribution in [2.24, 2.45) is 0 Å². The van der Waals surface area contributed by atoms with Crippen LogP contribution in [0.5, 0.6) is 5.75 Å². The maximum absolute atomic E-state index is 13.7. The van der Waals surface area contributed by atoms with E-state index in [0.717, 1.165) is 5.56 Å². The maximum Gasteiger partial charge on any atom is 0.224 e. The van der Waals surface area contributed by atoms with E-state index >= 15 is 0 Å². The molecule has 2 aromatic carbocycles. The monoisotopic (exact) mass is 330 g/mol. The fourth-order valence-corrected chi connectivity index (χ4v) is 2.55. The van der Waals surface area contributed by atoms with Crippen LogP contribution in [0.2, 0.25) is 0 Å². The van der Waals surface area contributed by atoms with E-state index in [2.05, 4.69) is 10.2 Å². The Kier molecular flexibility index (Phi) is 6.32. The molecule has 0 saturated carbocycles. The van der Waals surface area contributed by atoms with E-state index in [-0.39, 0.29) is 24.1 Å². The average Bonchev–Trinajstić information content (AvgIpc) is 2.56. The molecule has 0 unspecified atom stereocenters. The van der Waals surface area contributed by atoms with Gasteiger partial charge in [-0.15, -0.1) is 0 Å². The molecule has 1 amide bonds. The van der Waals surface area contributed by atoms with Crippen LogP contribution in [0, 0.1) is 5.82 Å². The number of nitrogens with zero attached hydrogens (tertiary/aromatic N) is 1. The minimum absolute atomic E-state index is 0.0859. The highest BCUT2D eigenvalue weighted by atomic mass is 19.1. The summed E-state index contributed by atoms with van der Waals surface area (Å²) in [6.45, 7) is 0.495. The van der Waals surface area contributed by atoms with E-state index in [9.17, 15) is 9.18 Å². The third-order valence-corrected chi connectivity index (χ3v) is 3.88. The lowest BCUT2D eigenvalue weighted by atomic mass is 10.1. The van der Waals surface area contributed by atoms with Gasteiger partial charge in [0.15, 0.2) is 11.6 Å². The van der Waals surface area contributed by atoms with Crippen molar-refractivity contribution in [3.8, 4) is 5.75 Å². The van der Waals surface area contributed by atoms with E-state index in [4.69, 9.17) is 4.74 Å². The molecule has 128 valence electrons. The molecule has 0 saturated heterocycles. The Morgan fingerprint density at radius 1 is 1.21 bits per heavy atom. The number of carbonyl (C=O) groups excluding carboxylic acids is 1. The lowest BCUT2D eigenvalue weighted by Crippen LogP contribution is -2.35. The Labute approximate surface area is 142 Å². The van der Waals surface area contributed by atoms with Gasteiger partial charge in [0.25, 0.3) is 0 Å². The van der Waals surface area contributed by atoms with Crippen LogP contribution in [-0.2, 0) is 11.2 Å². The smallest absolute Gasteiger partial charge is 0.224 e. The molecule has 0 aromatic heterocycles. The number of nitrogens with one attached hydrogen (secondary N) is 1. The molecule has 1 atom stereocenters. The molecule has 0 radical (unpaired) electrons. The number of rotatable bonds is 7. The van der Waals surface area contributed by atoms with Gasteiger partial charge in [-0.3, -0.25) is 4.79 Å². The second-order valence-corrected chi connectivity index (χ2v) is 5.84. The lowest BCUT2D eigenvalue weighted by Gasteiger charge is -2.25. The van der Waals surface area contributed by atoms with Gasteiger partial charge >= 0.3 is 0 Å². The number of benzene rings is 2. The third-order valence-electron chi connectivity index (χ3n) is 3.88. The normalized spacial score (nSPS) is 12.0. The first-order valence-corrected chi connectivity index (χ1v) is 7.81. The van der Waals surface area contributed by atoms with Crippen LogP contribution >= 0.6 is 0 Å². The molecule has 1 N–H and O–H groups in total. The summed E-state index contributed by atoms with van der Waals surface area (Å²) in [7, 11) is 5.36. The Balaban J connectivity index is 1.95. The van der Waals surface area contributed by atoms with Crippen molar-refractivity contribution in [3.63, 3.8) is 0 Å². The Bertz CT molecular complexity index is 674. The third kappa shape index (κ3) is 4.80. The van der Waals surface area contributed by atoms with Crippen LogP contribution in [0.3, 0.4) is 0 Å². The van der Waals surface area contributed by atoms with Gasteiger partial charge in [-0.05, 0) is 37.4 Å². The van der Waals surface area contributed by atoms with Gasteiger partial charge in [-0.25, -0.2) is 4.39 Å². The molecule has 0 spiro atoms. The highest BCUT2D eigenvalue weighted by Crippen LogP contribution is 2.19. The molecule has 0 aliphatic carbocycles. The van der Waals surface area contributed by atoms with Crippen LogP contribution in [-0.4, -0.2) is 38.6 Å². The molecule has 5 heteroatoms. The summed E-state index contributed by atoms with van der Waals surface area (Å²) in [5, 5.41) is 2.92. The van der Waals surface area contributed by atoms with Gasteiger partial charge in [0, 0.05) is 6.54 Å². The standard InChI is InChI=1S/C19H23FN2O2/c1-22(2)17(15-7-5-4-6-8-15)13-21-19(23)12-14-9-10-18(24-3)16(20)11-14/h4-11,17H,12-13H2,1-3H3,(H,21,23)/t17-/m1/s1. The highest BCUT2D eigenvalue weighted by molar-refractivity contribution is 5.78. The number of amides is 1. The van der Waals surface area contributed by atoms with E-state index in [1.54, 1.807) is 6.07 Å². The number of hydrogen-bond acceptors (Lipinski definition) is 3. The molecule has 0 bridgehead atoms. The van der Waals surface area contributed by atoms with Crippen molar-refractivity contribution in [2.75, 3.05) is 27.7 Å². The maximum atomic E-state index is 13.7. The zero-order chi connectivity index (χ0) is 17.5. The van der Waals surface area contributed by atoms with Crippen LogP contribution in [0.4, 0.5) is 4.39 Å². The minimum Gasteiger partial charge on any atom is -0.494 e. The van der Waals surface area contributed by atoms with Crippen molar-refractivity contribution in [2.45, 2.75) is 12.5 Å². The molecule has 24 heavy (non-hydrogen) atoms. The number of halogens is 1. The van der Waals surface area contributed by atoms with Crippen molar-refractivity contribution >= 4 is 5.91 Å². The second-order valence-electron chi connectivity index (χ2n) is 5.84. The fourth-order valence-electron chi connectivity index (χ4n) is 2.55. The Morgan fingerprint density at radius 2 is 1.92 bits per heavy atom. The molecule has 0 fully saturated rings. The van der Waals surface area contributed by atoms with Crippen molar-refractivity contribution < 1.29 is 13.9 Å². The molecule has 0 aliphatic rings. The number of carbonyl (C=O) groups is 1. The molecule has 0 heterocycles. The predicted molar refractivity (Wildman–Crippen MR) is 92.5 cm³/mol. The van der Waals surface area contributed by atoms with Crippen molar-refractivity contribution in [1.82, 2.24) is 10.2 Å². The summed E-state index contributed by atoms with van der Waals surface area (Å²) in [5.41, 5.74) is 1.75. The van der Waals surface area contributed by atoms with E-state index in [0.29, 0.717) is 12.1 Å². The molecular formula is C19H23FN2O2. The average molecular weight is 330 g/mol. The predicted octanol–water partition coefficient (Wildman–Crippen LogP) is 2.80. The topological polar surface area (TPSA) is 41.6 Å². The Morgan fingerprint density at radius 3 is 2.50 bits per heavy atom. The summed E-state index contributed by atoms with van der Waals surface area (Å²) in [6.07, 6.45) is 0.135. The number of ether oxygens (including phenoxy) is 1. The summed E-state index contributed by atoms with van der Waals surface area (Å²) >= 11 is 0. The first kappa shape index (κ1) is 17.9. The van der Waals surface area contributed by atoms with Gasteiger partial charge in [0.2, 0.25) is 5.91 Å². The summed E-state index contributed by atoms with van der Waals surface area (Å²) in [4.78, 5) is 14.2. The minimum atomic E-state index is -0.460. The fraction of sp³-hybridized carbons (Fsp3) is 0.316. The quantitative estimate of drug-likeness (QED) is 0.849. The lowest BCUT2D eigenvalue weighted by molar-refractivity contribution is -0.120. The first-order chi connectivity index (χ1) is 11.5. The van der Waals surface area contributed by atoms with Crippen LogP contribution in [0.1, 0.15) is 17.2 Å². The largest absolute Gasteiger partial charge is 0.494 e. The van der Waals surface area contributed by atoms with Gasteiger partial charge < -0.3 is 15.0 Å². The number of methoxy groups -OCH3 is 1. The number of hydrogen-bond donors (Lipinski definition) is 1. The van der Waals surface area contributed by atoms with Crippen LogP contribution in [0.15, 0.2) is 48.5 Å². The molecule has 2 rings (SSSR count). The summed E-state index contributed by atoms with van der Waals surface area (Å²) in [5.74, 6) is -0.420. The van der Waals surface area contributed by atoms with E-state index in [1.807, 2.05) is 44.4 Å². The van der Waals surface area contributed by atoms with E-state index < -0.39 is 5.82 Å². The zero-order valence-corrected chi connectivity index (χ0v) is 14.3. The molecule has 4 nitrogen and oxygen atoms in total. The SMILES string of the molecule is COc1ccc(CC(=O)NC[C@H](c2ccccc2)N(C)C)cc1F. The van der Waals surface area contributed by atoms with Crippen molar-refractivity contribution in [1.29, 1.82) is 0 Å². The van der Waals surface area contributed by atoms with Crippen LogP contribution in [0.25, 0.3) is 0 Å². The zero-order valence-electron chi connectivity index (χ0n) is 14.3. The highest BCUT2D eigenvalue weighted by Gasteiger charge is 2.15. The van der Waals surface area contributed by atoms with Gasteiger partial charge in [0.05, 0.1) is 19.6 Å². The van der Waals surface area contributed by atoms with Gasteiger partial charge in [-0.2, -0.15) is 0 Å². The second kappa shape index (κ2) is 8.45. The molecular weight excluding hydrogens is 307 g/mol. The number of likely N-dealkylation sites (N-methyl/N-ethyl adjacent to an activating group) is 1. The van der Waals surface area contributed by atoms with E-state index in [1.165, 1.54) is 19.2 Å². The molecule has 0 aliphatic heterocycles. The Hall–Kier alpha value is -2.40. The van der Waals surface area contributed by atoms with Crippen LogP contribution < -0.4 is 10.1 Å². The first-order valence-electron chi connectivity index (χ1n) is 7.81. The van der Waals surface area contributed by atoms with Gasteiger partial charge in [-0.1, -0.05) is 36.4 Å². The summed E-state index contributed by atoms with van der Waals surface area (Å²) < 4.78 is 18.6. The molecule has 2 aromatic rings. The van der Waals surface area contributed by atoms with Gasteiger partial charge in [0.1, 0.15) is 0 Å². The van der Waals surface area contributed by atoms with Crippen molar-refractivity contribution in [3.05, 3.63) is 65.5 Å². The summed E-state index contributed by atoms with van der Waals surface area (Å²) in [6, 6.07) is 14.6.